The van der Waals surface area contributed by atoms with Crippen molar-refractivity contribution in [3.63, 3.8) is 0 Å². The molecule has 7 N–H and O–H groups in total. The number of likely N-dealkylation sites (N-methyl/N-ethyl adjacent to an activating group) is 2. The number of nitrogens with two attached hydrogens (primary N) is 2. The van der Waals surface area contributed by atoms with Crippen molar-refractivity contribution in [1.82, 2.24) is 10.6 Å². The topological polar surface area (TPSA) is 165 Å². The zero-order valence-corrected chi connectivity index (χ0v) is 12.4. The smallest absolute Gasteiger partial charge is 0.266 e. The Balaban J connectivity index is 0. The van der Waals surface area contributed by atoms with Crippen LogP contribution in [0.25, 0.3) is 0 Å². The first kappa shape index (κ1) is 20.4. The minimum atomic E-state index is -4.16. The summed E-state index contributed by atoms with van der Waals surface area (Å²) in [6.45, 7) is 0. The molecular formula is C8H20N4O5S2. The van der Waals surface area contributed by atoms with Gasteiger partial charge >= 0.3 is 0 Å². The van der Waals surface area contributed by atoms with Crippen molar-refractivity contribution in [2.75, 3.05) is 25.6 Å². The summed E-state index contributed by atoms with van der Waals surface area (Å²) in [6.07, 6.45) is 0. The maximum absolute atomic E-state index is 10.6. The van der Waals surface area contributed by atoms with Crippen LogP contribution in [-0.4, -0.2) is 62.5 Å². The first-order chi connectivity index (χ1) is 8.58. The zero-order chi connectivity index (χ0) is 15.6. The second kappa shape index (κ2) is 9.97. The Labute approximate surface area is 117 Å². The van der Waals surface area contributed by atoms with Crippen molar-refractivity contribution in [1.29, 1.82) is 0 Å². The molecule has 0 aliphatic heterocycles. The quantitative estimate of drug-likeness (QED) is 0.231. The van der Waals surface area contributed by atoms with Gasteiger partial charge in [-0.15, -0.1) is 0 Å². The van der Waals surface area contributed by atoms with E-state index in [0.717, 1.165) is 0 Å². The van der Waals surface area contributed by atoms with Crippen molar-refractivity contribution in [2.24, 2.45) is 11.5 Å². The molecular weight excluding hydrogens is 296 g/mol. The maximum atomic E-state index is 10.6. The summed E-state index contributed by atoms with van der Waals surface area (Å²) in [6, 6.07) is -1.68. The lowest BCUT2D eigenvalue weighted by atomic mass is 10.3. The van der Waals surface area contributed by atoms with E-state index in [-0.39, 0.29) is 5.91 Å². The highest BCUT2D eigenvalue weighted by molar-refractivity contribution is 7.85. The fourth-order valence-corrected chi connectivity index (χ4v) is 1.53. The molecule has 0 rings (SSSR count). The van der Waals surface area contributed by atoms with E-state index in [2.05, 4.69) is 23.3 Å². The summed E-state index contributed by atoms with van der Waals surface area (Å²) < 4.78 is 28.6. The normalized spacial score (nSPS) is 13.6. The number of carbonyl (C=O) groups is 2. The lowest BCUT2D eigenvalue weighted by molar-refractivity contribution is -0.122. The van der Waals surface area contributed by atoms with Gasteiger partial charge in [-0.2, -0.15) is 21.0 Å². The highest BCUT2D eigenvalue weighted by Crippen LogP contribution is 1.86. The zero-order valence-electron chi connectivity index (χ0n) is 10.7. The van der Waals surface area contributed by atoms with E-state index in [4.69, 9.17) is 16.0 Å². The molecule has 0 fully saturated rings. The van der Waals surface area contributed by atoms with Gasteiger partial charge in [0.25, 0.3) is 10.1 Å². The molecule has 0 aromatic heterocycles. The number of hydrogen-bond donors (Lipinski definition) is 6. The van der Waals surface area contributed by atoms with Gasteiger partial charge in [-0.1, -0.05) is 0 Å². The molecule has 0 aromatic rings. The van der Waals surface area contributed by atoms with Gasteiger partial charge in [0.15, 0.2) is 0 Å². The summed E-state index contributed by atoms with van der Waals surface area (Å²) in [5.74, 6) is -1.16. The Hall–Kier alpha value is -0.880. The van der Waals surface area contributed by atoms with Crippen LogP contribution in [0.5, 0.6) is 0 Å². The monoisotopic (exact) mass is 316 g/mol. The van der Waals surface area contributed by atoms with Gasteiger partial charge in [-0.3, -0.25) is 14.1 Å². The number of hydrogen-bond acceptors (Lipinski definition) is 7. The SMILES string of the molecule is CNC(=O)C(N)CS.CNC(=O)C(N)CS(=O)(=O)O. The molecule has 2 amide bonds. The number of carbonyl (C=O) groups excluding carboxylic acids is 2. The number of amides is 2. The predicted molar refractivity (Wildman–Crippen MR) is 74.4 cm³/mol. The third-order valence-corrected chi connectivity index (χ3v) is 2.93. The summed E-state index contributed by atoms with van der Waals surface area (Å²) in [4.78, 5) is 21.0. The summed E-state index contributed by atoms with van der Waals surface area (Å²) in [7, 11) is -1.29. The molecule has 9 nitrogen and oxygen atoms in total. The third-order valence-electron chi connectivity index (χ3n) is 1.75. The van der Waals surface area contributed by atoms with Crippen LogP contribution in [0.3, 0.4) is 0 Å². The molecule has 11 heteroatoms. The van der Waals surface area contributed by atoms with Gasteiger partial charge in [-0.05, 0) is 0 Å². The molecule has 0 bridgehead atoms. The van der Waals surface area contributed by atoms with E-state index in [1.54, 1.807) is 7.05 Å². The van der Waals surface area contributed by atoms with E-state index < -0.39 is 33.9 Å². The molecule has 0 aliphatic carbocycles. The first-order valence-corrected chi connectivity index (χ1v) is 7.33. The van der Waals surface area contributed by atoms with Crippen LogP contribution in [0.2, 0.25) is 0 Å². The van der Waals surface area contributed by atoms with Gasteiger partial charge < -0.3 is 22.1 Å². The average molecular weight is 316 g/mol. The minimum Gasteiger partial charge on any atom is -0.358 e. The van der Waals surface area contributed by atoms with E-state index in [9.17, 15) is 18.0 Å². The summed E-state index contributed by atoms with van der Waals surface area (Å²) in [5, 5.41) is 4.55. The molecule has 2 atom stereocenters. The first-order valence-electron chi connectivity index (χ1n) is 5.09. The number of thiol groups is 1. The molecule has 0 saturated heterocycles. The average Bonchev–Trinajstić information content (AvgIpc) is 2.34. The Kier molecular flexibility index (Phi) is 10.7. The van der Waals surface area contributed by atoms with Crippen molar-refractivity contribution in [2.45, 2.75) is 12.1 Å². The largest absolute Gasteiger partial charge is 0.358 e. The van der Waals surface area contributed by atoms with Crippen molar-refractivity contribution in [3.8, 4) is 0 Å². The summed E-state index contributed by atoms with van der Waals surface area (Å²) >= 11 is 3.82. The van der Waals surface area contributed by atoms with Crippen LogP contribution >= 0.6 is 12.6 Å². The predicted octanol–water partition coefficient (Wildman–Crippen LogP) is -3.06. The summed E-state index contributed by atoms with van der Waals surface area (Å²) in [5.41, 5.74) is 10.3. The number of nitrogens with one attached hydrogen (secondary N) is 2. The fraction of sp³-hybridized carbons (Fsp3) is 0.750. The Morgan fingerprint density at radius 1 is 1.16 bits per heavy atom. The molecule has 0 aliphatic rings. The van der Waals surface area contributed by atoms with Crippen molar-refractivity contribution >= 4 is 34.6 Å². The van der Waals surface area contributed by atoms with Crippen LogP contribution in [0.15, 0.2) is 0 Å². The van der Waals surface area contributed by atoms with E-state index in [1.165, 1.54) is 7.05 Å². The fourth-order valence-electron chi connectivity index (χ4n) is 0.756. The third kappa shape index (κ3) is 11.9. The molecule has 19 heavy (non-hydrogen) atoms. The van der Waals surface area contributed by atoms with Gasteiger partial charge in [0.05, 0.1) is 11.8 Å². The van der Waals surface area contributed by atoms with Crippen LogP contribution in [0.4, 0.5) is 0 Å². The molecule has 0 radical (unpaired) electrons. The highest BCUT2D eigenvalue weighted by atomic mass is 32.2. The van der Waals surface area contributed by atoms with E-state index >= 15 is 0 Å². The van der Waals surface area contributed by atoms with Crippen LogP contribution < -0.4 is 22.1 Å². The Morgan fingerprint density at radius 3 is 1.74 bits per heavy atom. The molecule has 0 saturated carbocycles. The Bertz CT molecular complexity index is 387. The Morgan fingerprint density at radius 2 is 1.53 bits per heavy atom. The minimum absolute atomic E-state index is 0.167. The highest BCUT2D eigenvalue weighted by Gasteiger charge is 2.18. The number of rotatable bonds is 5. The maximum Gasteiger partial charge on any atom is 0.266 e. The van der Waals surface area contributed by atoms with Crippen molar-refractivity contribution in [3.05, 3.63) is 0 Å². The standard InChI is InChI=1S/C4H10N2O4S.C4H10N2OS/c1-6-4(7)3(5)2-11(8,9)10;1-6-4(7)3(5)2-8/h3H,2,5H2,1H3,(H,6,7)(H,8,9,10);3,8H,2,5H2,1H3,(H,6,7). The van der Waals surface area contributed by atoms with Crippen LogP contribution in [0, 0.1) is 0 Å². The van der Waals surface area contributed by atoms with E-state index in [0.29, 0.717) is 5.75 Å². The lowest BCUT2D eigenvalue weighted by Gasteiger charge is -2.06. The van der Waals surface area contributed by atoms with Gasteiger partial charge in [0, 0.05) is 19.8 Å². The van der Waals surface area contributed by atoms with Crippen molar-refractivity contribution < 1.29 is 22.6 Å². The second-order valence-corrected chi connectivity index (χ2v) is 5.23. The molecule has 114 valence electrons. The van der Waals surface area contributed by atoms with Gasteiger partial charge in [0.2, 0.25) is 11.8 Å². The lowest BCUT2D eigenvalue weighted by Crippen LogP contribution is -2.43. The van der Waals surface area contributed by atoms with Gasteiger partial charge in [0.1, 0.15) is 6.04 Å². The van der Waals surface area contributed by atoms with Crippen LogP contribution in [-0.2, 0) is 19.7 Å². The van der Waals surface area contributed by atoms with Gasteiger partial charge in [-0.25, -0.2) is 0 Å². The molecule has 0 spiro atoms. The second-order valence-electron chi connectivity index (χ2n) is 3.37. The molecule has 0 aromatic carbocycles. The van der Waals surface area contributed by atoms with Crippen LogP contribution in [0.1, 0.15) is 0 Å². The van der Waals surface area contributed by atoms with E-state index in [1.807, 2.05) is 0 Å². The molecule has 2 unspecified atom stereocenters. The molecule has 0 heterocycles.